The van der Waals surface area contributed by atoms with Crippen molar-refractivity contribution in [2.75, 3.05) is 5.32 Å². The predicted molar refractivity (Wildman–Crippen MR) is 107 cm³/mol. The lowest BCUT2D eigenvalue weighted by atomic mass is 10.1. The van der Waals surface area contributed by atoms with Crippen molar-refractivity contribution in [3.05, 3.63) is 72.0 Å². The summed E-state index contributed by atoms with van der Waals surface area (Å²) < 4.78 is 13.5. The summed E-state index contributed by atoms with van der Waals surface area (Å²) in [5.74, 6) is -1.05. The van der Waals surface area contributed by atoms with Crippen LogP contribution in [-0.2, 0) is 0 Å². The molecule has 4 N–H and O–H groups in total. The van der Waals surface area contributed by atoms with E-state index in [1.54, 1.807) is 18.2 Å². The Labute approximate surface area is 163 Å². The van der Waals surface area contributed by atoms with Crippen LogP contribution in [0.5, 0.6) is 5.75 Å². The molecule has 29 heavy (non-hydrogen) atoms. The molecule has 7 nitrogen and oxygen atoms in total. The average molecular weight is 387 g/mol. The molecule has 0 bridgehead atoms. The van der Waals surface area contributed by atoms with Gasteiger partial charge in [0.1, 0.15) is 5.69 Å². The van der Waals surface area contributed by atoms with E-state index in [1.807, 2.05) is 24.3 Å². The number of nitrogens with zero attached hydrogens (tertiary/aromatic N) is 2. The lowest BCUT2D eigenvalue weighted by Gasteiger charge is -2.06. The van der Waals surface area contributed by atoms with Crippen LogP contribution in [0.4, 0.5) is 10.1 Å². The van der Waals surface area contributed by atoms with Gasteiger partial charge in [0.15, 0.2) is 17.4 Å². The summed E-state index contributed by atoms with van der Waals surface area (Å²) in [7, 11) is 0. The quantitative estimate of drug-likeness (QED) is 0.348. The number of phenols is 1. The van der Waals surface area contributed by atoms with E-state index in [4.69, 9.17) is 0 Å². The molecule has 0 saturated heterocycles. The Kier molecular flexibility index (Phi) is 3.77. The fourth-order valence-electron chi connectivity index (χ4n) is 3.19. The Morgan fingerprint density at radius 1 is 1.03 bits per heavy atom. The van der Waals surface area contributed by atoms with Crippen LogP contribution in [0.2, 0.25) is 0 Å². The number of anilines is 1. The number of aromatic nitrogens is 4. The number of hydrogen-bond donors (Lipinski definition) is 4. The van der Waals surface area contributed by atoms with Gasteiger partial charge < -0.3 is 15.4 Å². The summed E-state index contributed by atoms with van der Waals surface area (Å²) in [5, 5.41) is 19.9. The molecule has 0 radical (unpaired) electrons. The highest BCUT2D eigenvalue weighted by Crippen LogP contribution is 2.27. The number of hydrogen-bond acceptors (Lipinski definition) is 4. The van der Waals surface area contributed by atoms with Gasteiger partial charge in [0.25, 0.3) is 5.91 Å². The fourth-order valence-corrected chi connectivity index (χ4v) is 3.19. The number of amides is 1. The number of rotatable bonds is 3. The van der Waals surface area contributed by atoms with Crippen LogP contribution in [0.1, 0.15) is 10.4 Å². The molecule has 0 saturated carbocycles. The highest BCUT2D eigenvalue weighted by atomic mass is 19.1. The Hall–Kier alpha value is -4.20. The van der Waals surface area contributed by atoms with Crippen LogP contribution in [0.15, 0.2) is 60.7 Å². The van der Waals surface area contributed by atoms with Crippen LogP contribution >= 0.6 is 0 Å². The molecule has 8 heteroatoms. The van der Waals surface area contributed by atoms with E-state index >= 15 is 0 Å². The zero-order valence-corrected chi connectivity index (χ0v) is 14.9. The van der Waals surface area contributed by atoms with Crippen LogP contribution in [-0.4, -0.2) is 31.2 Å². The summed E-state index contributed by atoms with van der Waals surface area (Å²) in [5.41, 5.74) is 3.71. The van der Waals surface area contributed by atoms with Gasteiger partial charge in [0, 0.05) is 22.7 Å². The number of carbonyl (C=O) groups is 1. The minimum atomic E-state index is -0.803. The number of carbonyl (C=O) groups excluding carboxylic acids is 1. The monoisotopic (exact) mass is 387 g/mol. The molecule has 2 aromatic heterocycles. The maximum Gasteiger partial charge on any atom is 0.255 e. The van der Waals surface area contributed by atoms with Crippen molar-refractivity contribution < 1.29 is 14.3 Å². The lowest BCUT2D eigenvalue weighted by Crippen LogP contribution is -2.11. The Morgan fingerprint density at radius 2 is 1.90 bits per heavy atom. The Bertz CT molecular complexity index is 1360. The molecule has 0 aliphatic heterocycles. The standard InChI is InChI=1S/C21H14FN5O2/c22-14-10-12(6-8-18(14)28)23-21(29)11-5-7-13-17(9-11)26-27-19(13)20-24-15-3-1-2-4-16(15)25-20/h1-10,28H,(H,23,29)(H,24,25)(H,26,27). The first-order valence-electron chi connectivity index (χ1n) is 8.81. The smallest absolute Gasteiger partial charge is 0.255 e. The topological polar surface area (TPSA) is 107 Å². The zero-order chi connectivity index (χ0) is 20.0. The zero-order valence-electron chi connectivity index (χ0n) is 14.9. The van der Waals surface area contributed by atoms with Crippen molar-refractivity contribution in [1.82, 2.24) is 20.2 Å². The second-order valence-corrected chi connectivity index (χ2v) is 6.56. The molecule has 1 amide bonds. The van der Waals surface area contributed by atoms with Gasteiger partial charge in [-0.15, -0.1) is 0 Å². The fraction of sp³-hybridized carbons (Fsp3) is 0. The van der Waals surface area contributed by atoms with Crippen molar-refractivity contribution in [3.63, 3.8) is 0 Å². The van der Waals surface area contributed by atoms with Gasteiger partial charge in [-0.1, -0.05) is 12.1 Å². The molecule has 142 valence electrons. The van der Waals surface area contributed by atoms with Crippen molar-refractivity contribution in [2.24, 2.45) is 0 Å². The molecule has 0 spiro atoms. The largest absolute Gasteiger partial charge is 0.505 e. The van der Waals surface area contributed by atoms with Gasteiger partial charge in [0.2, 0.25) is 0 Å². The van der Waals surface area contributed by atoms with Gasteiger partial charge in [0.05, 0.1) is 16.6 Å². The summed E-state index contributed by atoms with van der Waals surface area (Å²) >= 11 is 0. The minimum absolute atomic E-state index is 0.248. The number of para-hydroxylation sites is 2. The number of aromatic amines is 2. The van der Waals surface area contributed by atoms with Gasteiger partial charge >= 0.3 is 0 Å². The van der Waals surface area contributed by atoms with E-state index < -0.39 is 17.5 Å². The highest BCUT2D eigenvalue weighted by molar-refractivity contribution is 6.07. The molecule has 2 heterocycles. The number of aromatic hydroxyl groups is 1. The van der Waals surface area contributed by atoms with Crippen molar-refractivity contribution in [2.45, 2.75) is 0 Å². The molecular formula is C21H14FN5O2. The van der Waals surface area contributed by atoms with Crippen LogP contribution in [0.3, 0.4) is 0 Å². The number of phenolic OH excluding ortho intramolecular Hbond substituents is 1. The third kappa shape index (κ3) is 2.96. The number of benzene rings is 3. The highest BCUT2D eigenvalue weighted by Gasteiger charge is 2.15. The number of fused-ring (bicyclic) bond motifs is 2. The van der Waals surface area contributed by atoms with Gasteiger partial charge in [-0.25, -0.2) is 9.37 Å². The number of H-pyrrole nitrogens is 2. The number of halogens is 1. The SMILES string of the molecule is O=C(Nc1ccc(O)c(F)c1)c1ccc2c(-c3nc4ccccc4[nH]3)n[nH]c2c1. The summed E-state index contributed by atoms with van der Waals surface area (Å²) in [4.78, 5) is 20.3. The summed E-state index contributed by atoms with van der Waals surface area (Å²) in [6, 6.07) is 16.5. The van der Waals surface area contributed by atoms with E-state index in [0.29, 0.717) is 22.6 Å². The van der Waals surface area contributed by atoms with Gasteiger partial charge in [-0.3, -0.25) is 9.89 Å². The molecule has 0 aliphatic carbocycles. The lowest BCUT2D eigenvalue weighted by molar-refractivity contribution is 0.102. The number of imidazole rings is 1. The molecule has 0 atom stereocenters. The molecule has 3 aromatic carbocycles. The van der Waals surface area contributed by atoms with Crippen molar-refractivity contribution in [1.29, 1.82) is 0 Å². The molecule has 5 aromatic rings. The predicted octanol–water partition coefficient (Wildman–Crippen LogP) is 4.20. The van der Waals surface area contributed by atoms with E-state index in [2.05, 4.69) is 25.5 Å². The van der Waals surface area contributed by atoms with Crippen molar-refractivity contribution in [3.8, 4) is 17.3 Å². The average Bonchev–Trinajstić information content (AvgIpc) is 3.33. The first kappa shape index (κ1) is 16.9. The molecular weight excluding hydrogens is 373 g/mol. The molecule has 0 fully saturated rings. The molecule has 0 unspecified atom stereocenters. The Balaban J connectivity index is 1.46. The van der Waals surface area contributed by atoms with Gasteiger partial charge in [-0.05, 0) is 42.5 Å². The maximum absolute atomic E-state index is 13.5. The van der Waals surface area contributed by atoms with Crippen LogP contribution in [0, 0.1) is 5.82 Å². The van der Waals surface area contributed by atoms with E-state index in [9.17, 15) is 14.3 Å². The van der Waals surface area contributed by atoms with Gasteiger partial charge in [-0.2, -0.15) is 5.10 Å². The van der Waals surface area contributed by atoms with Crippen LogP contribution in [0.25, 0.3) is 33.5 Å². The first-order chi connectivity index (χ1) is 14.1. The second-order valence-electron chi connectivity index (χ2n) is 6.56. The first-order valence-corrected chi connectivity index (χ1v) is 8.81. The minimum Gasteiger partial charge on any atom is -0.505 e. The summed E-state index contributed by atoms with van der Waals surface area (Å²) in [6.07, 6.45) is 0. The summed E-state index contributed by atoms with van der Waals surface area (Å²) in [6.45, 7) is 0. The second kappa shape index (κ2) is 6.45. The molecule has 0 aliphatic rings. The normalized spacial score (nSPS) is 11.2. The van der Waals surface area contributed by atoms with Crippen LogP contribution < -0.4 is 5.32 Å². The molecule has 5 rings (SSSR count). The van der Waals surface area contributed by atoms with E-state index in [0.717, 1.165) is 22.5 Å². The Morgan fingerprint density at radius 3 is 2.72 bits per heavy atom. The maximum atomic E-state index is 13.5. The third-order valence-corrected chi connectivity index (χ3v) is 4.64. The van der Waals surface area contributed by atoms with E-state index in [1.165, 1.54) is 12.1 Å². The van der Waals surface area contributed by atoms with E-state index in [-0.39, 0.29) is 5.69 Å². The number of nitrogens with one attached hydrogen (secondary N) is 3. The van der Waals surface area contributed by atoms with Crippen molar-refractivity contribution >= 4 is 33.5 Å². The third-order valence-electron chi connectivity index (χ3n) is 4.64.